The molecule has 0 saturated heterocycles. The van der Waals surface area contributed by atoms with E-state index in [2.05, 4.69) is 25.9 Å². The molecule has 7 heteroatoms. The van der Waals surface area contributed by atoms with Crippen LogP contribution >= 0.6 is 0 Å². The molecule has 0 saturated carbocycles. The van der Waals surface area contributed by atoms with Gasteiger partial charge in [0.1, 0.15) is 6.04 Å². The lowest BCUT2D eigenvalue weighted by Crippen LogP contribution is -2.47. The highest BCUT2D eigenvalue weighted by Gasteiger charge is 2.20. The Bertz CT molecular complexity index is 458. The van der Waals surface area contributed by atoms with E-state index in [1.807, 2.05) is 20.8 Å². The summed E-state index contributed by atoms with van der Waals surface area (Å²) in [6.45, 7) is 7.27. The molecule has 1 atom stereocenters. The number of carbonyl (C=O) groups excluding carboxylic acids is 1. The molecule has 1 unspecified atom stereocenters. The monoisotopic (exact) mass is 269 g/mol. The van der Waals surface area contributed by atoms with Crippen molar-refractivity contribution in [2.45, 2.75) is 39.3 Å². The van der Waals surface area contributed by atoms with Gasteiger partial charge in [0.2, 0.25) is 11.9 Å². The van der Waals surface area contributed by atoms with Gasteiger partial charge < -0.3 is 16.0 Å². The minimum atomic E-state index is -0.603. The largest absolute Gasteiger partial charge is 0.357 e. The number of halogens is 1. The van der Waals surface area contributed by atoms with Crippen LogP contribution < -0.4 is 16.0 Å². The third-order valence-corrected chi connectivity index (χ3v) is 2.21. The topological polar surface area (TPSA) is 78.9 Å². The van der Waals surface area contributed by atoms with E-state index >= 15 is 0 Å². The number of carbonyl (C=O) groups is 1. The molecule has 0 bridgehead atoms. The molecule has 1 rings (SSSR count). The van der Waals surface area contributed by atoms with Gasteiger partial charge in [-0.05, 0) is 27.7 Å². The first kappa shape index (κ1) is 15.1. The number of anilines is 2. The lowest BCUT2D eigenvalue weighted by Gasteiger charge is -2.24. The van der Waals surface area contributed by atoms with Gasteiger partial charge in [-0.25, -0.2) is 9.37 Å². The number of amides is 1. The lowest BCUT2D eigenvalue weighted by atomic mass is 10.1. The standard InChI is InChI=1S/C12H20FN5O/c1-7(10(19)18-12(2,3)4)16-9-8(13)6-15-11(14-5)17-9/h6-7H,1-5H3,(H,18,19)(H2,14,15,16,17). The van der Waals surface area contributed by atoms with Crippen LogP contribution in [0, 0.1) is 5.82 Å². The lowest BCUT2D eigenvalue weighted by molar-refractivity contribution is -0.122. The second kappa shape index (κ2) is 5.81. The van der Waals surface area contributed by atoms with Gasteiger partial charge in [-0.2, -0.15) is 4.98 Å². The summed E-state index contributed by atoms with van der Waals surface area (Å²) in [5.41, 5.74) is -0.340. The minimum absolute atomic E-state index is 0.00379. The summed E-state index contributed by atoms with van der Waals surface area (Å²) in [6.07, 6.45) is 1.05. The maximum Gasteiger partial charge on any atom is 0.242 e. The fourth-order valence-electron chi connectivity index (χ4n) is 1.34. The molecule has 6 nitrogen and oxygen atoms in total. The minimum Gasteiger partial charge on any atom is -0.357 e. The summed E-state index contributed by atoms with van der Waals surface area (Å²) in [5, 5.41) is 8.24. The van der Waals surface area contributed by atoms with Crippen molar-refractivity contribution in [2.24, 2.45) is 0 Å². The molecule has 0 aliphatic rings. The van der Waals surface area contributed by atoms with Crippen molar-refractivity contribution >= 4 is 17.7 Å². The van der Waals surface area contributed by atoms with E-state index in [0.717, 1.165) is 6.20 Å². The Labute approximate surface area is 112 Å². The van der Waals surface area contributed by atoms with Gasteiger partial charge in [-0.1, -0.05) is 0 Å². The van der Waals surface area contributed by atoms with E-state index in [0.29, 0.717) is 0 Å². The van der Waals surface area contributed by atoms with Gasteiger partial charge in [0.05, 0.1) is 6.20 Å². The second-order valence-corrected chi connectivity index (χ2v) is 5.25. The van der Waals surface area contributed by atoms with E-state index in [1.165, 1.54) is 0 Å². The zero-order chi connectivity index (χ0) is 14.6. The van der Waals surface area contributed by atoms with Crippen LogP contribution in [0.5, 0.6) is 0 Å². The molecule has 1 aromatic rings. The highest BCUT2D eigenvalue weighted by molar-refractivity contribution is 5.84. The Morgan fingerprint density at radius 2 is 2.05 bits per heavy atom. The summed E-state index contributed by atoms with van der Waals surface area (Å²) >= 11 is 0. The Morgan fingerprint density at radius 3 is 2.58 bits per heavy atom. The van der Waals surface area contributed by atoms with Gasteiger partial charge in [-0.15, -0.1) is 0 Å². The fraction of sp³-hybridized carbons (Fsp3) is 0.583. The van der Waals surface area contributed by atoms with Crippen molar-refractivity contribution in [1.82, 2.24) is 15.3 Å². The molecule has 0 aromatic carbocycles. The Morgan fingerprint density at radius 1 is 1.42 bits per heavy atom. The number of nitrogens with one attached hydrogen (secondary N) is 3. The Balaban J connectivity index is 2.76. The molecule has 0 aliphatic carbocycles. The maximum atomic E-state index is 13.5. The zero-order valence-electron chi connectivity index (χ0n) is 11.8. The smallest absolute Gasteiger partial charge is 0.242 e. The van der Waals surface area contributed by atoms with Crippen molar-refractivity contribution in [3.63, 3.8) is 0 Å². The van der Waals surface area contributed by atoms with E-state index in [-0.39, 0.29) is 23.2 Å². The zero-order valence-corrected chi connectivity index (χ0v) is 11.8. The van der Waals surface area contributed by atoms with Crippen LogP contribution in [0.1, 0.15) is 27.7 Å². The molecule has 1 heterocycles. The van der Waals surface area contributed by atoms with Crippen LogP contribution in [0.2, 0.25) is 0 Å². The van der Waals surface area contributed by atoms with Crippen molar-refractivity contribution < 1.29 is 9.18 Å². The number of hydrogen-bond acceptors (Lipinski definition) is 5. The van der Waals surface area contributed by atoms with Crippen molar-refractivity contribution in [2.75, 3.05) is 17.7 Å². The molecule has 0 radical (unpaired) electrons. The van der Waals surface area contributed by atoms with Gasteiger partial charge in [-0.3, -0.25) is 4.79 Å². The SMILES string of the molecule is CNc1ncc(F)c(NC(C)C(=O)NC(C)(C)C)n1. The van der Waals surface area contributed by atoms with Crippen molar-refractivity contribution in [1.29, 1.82) is 0 Å². The molecule has 19 heavy (non-hydrogen) atoms. The molecule has 1 amide bonds. The summed E-state index contributed by atoms with van der Waals surface area (Å²) < 4.78 is 13.5. The normalized spacial score (nSPS) is 12.7. The number of aromatic nitrogens is 2. The number of hydrogen-bond donors (Lipinski definition) is 3. The van der Waals surface area contributed by atoms with E-state index in [1.54, 1.807) is 14.0 Å². The molecule has 0 fully saturated rings. The quantitative estimate of drug-likeness (QED) is 0.769. The molecular formula is C12H20FN5O. The maximum absolute atomic E-state index is 13.5. The molecule has 1 aromatic heterocycles. The van der Waals surface area contributed by atoms with Crippen LogP contribution in [-0.4, -0.2) is 34.5 Å². The predicted molar refractivity (Wildman–Crippen MR) is 72.5 cm³/mol. The second-order valence-electron chi connectivity index (χ2n) is 5.25. The van der Waals surface area contributed by atoms with Gasteiger partial charge in [0.25, 0.3) is 0 Å². The van der Waals surface area contributed by atoms with Crippen LogP contribution in [0.4, 0.5) is 16.2 Å². The average molecular weight is 269 g/mol. The van der Waals surface area contributed by atoms with Crippen molar-refractivity contribution in [3.05, 3.63) is 12.0 Å². The highest BCUT2D eigenvalue weighted by atomic mass is 19.1. The molecular weight excluding hydrogens is 249 g/mol. The summed E-state index contributed by atoms with van der Waals surface area (Å²) in [5.74, 6) is -0.547. The summed E-state index contributed by atoms with van der Waals surface area (Å²) in [7, 11) is 1.63. The Hall–Kier alpha value is -1.92. The van der Waals surface area contributed by atoms with E-state index < -0.39 is 11.9 Å². The van der Waals surface area contributed by atoms with Crippen LogP contribution in [-0.2, 0) is 4.79 Å². The first-order valence-electron chi connectivity index (χ1n) is 6.02. The first-order chi connectivity index (χ1) is 8.73. The van der Waals surface area contributed by atoms with Gasteiger partial charge in [0, 0.05) is 12.6 Å². The highest BCUT2D eigenvalue weighted by Crippen LogP contribution is 2.13. The van der Waals surface area contributed by atoms with Crippen LogP contribution in [0.15, 0.2) is 6.20 Å². The number of nitrogens with zero attached hydrogens (tertiary/aromatic N) is 2. The van der Waals surface area contributed by atoms with Gasteiger partial charge >= 0.3 is 0 Å². The third-order valence-electron chi connectivity index (χ3n) is 2.21. The van der Waals surface area contributed by atoms with E-state index in [9.17, 15) is 9.18 Å². The summed E-state index contributed by atoms with van der Waals surface area (Å²) in [4.78, 5) is 19.5. The van der Waals surface area contributed by atoms with E-state index in [4.69, 9.17) is 0 Å². The molecule has 0 spiro atoms. The number of rotatable bonds is 4. The third kappa shape index (κ3) is 4.69. The van der Waals surface area contributed by atoms with Crippen LogP contribution in [0.25, 0.3) is 0 Å². The first-order valence-corrected chi connectivity index (χ1v) is 6.02. The van der Waals surface area contributed by atoms with Crippen molar-refractivity contribution in [3.8, 4) is 0 Å². The van der Waals surface area contributed by atoms with Gasteiger partial charge in [0.15, 0.2) is 11.6 Å². The molecule has 106 valence electrons. The molecule has 3 N–H and O–H groups in total. The fourth-order valence-corrected chi connectivity index (χ4v) is 1.34. The Kier molecular flexibility index (Phi) is 4.63. The van der Waals surface area contributed by atoms with Crippen LogP contribution in [0.3, 0.4) is 0 Å². The average Bonchev–Trinajstić information content (AvgIpc) is 2.29. The predicted octanol–water partition coefficient (Wildman–Crippen LogP) is 1.37. The molecule has 0 aliphatic heterocycles. The summed E-state index contributed by atoms with van der Waals surface area (Å²) in [6, 6.07) is -0.603.